The summed E-state index contributed by atoms with van der Waals surface area (Å²) in [7, 11) is 0. The van der Waals surface area contributed by atoms with E-state index in [2.05, 4.69) is 4.74 Å². The summed E-state index contributed by atoms with van der Waals surface area (Å²) in [6.07, 6.45) is -0.532. The molecule has 0 radical (unpaired) electrons. The molecule has 0 aromatic heterocycles. The lowest BCUT2D eigenvalue weighted by Gasteiger charge is -1.99. The zero-order valence-electron chi connectivity index (χ0n) is 10.1. The van der Waals surface area contributed by atoms with Gasteiger partial charge in [-0.2, -0.15) is 0 Å². The van der Waals surface area contributed by atoms with Gasteiger partial charge in [0.25, 0.3) is 0 Å². The van der Waals surface area contributed by atoms with E-state index in [1.165, 1.54) is 0 Å². The van der Waals surface area contributed by atoms with Gasteiger partial charge in [0.15, 0.2) is 0 Å². The molecule has 0 spiro atoms. The Hall–Kier alpha value is -2.74. The maximum atomic E-state index is 10.8. The fourth-order valence-corrected chi connectivity index (χ4v) is 1.31. The Kier molecular flexibility index (Phi) is 4.93. The lowest BCUT2D eigenvalue weighted by molar-refractivity contribution is -0.144. The van der Waals surface area contributed by atoms with E-state index in [1.807, 2.05) is 0 Å². The number of carbonyl (C=O) groups is 4. The van der Waals surface area contributed by atoms with E-state index < -0.39 is 36.3 Å². The van der Waals surface area contributed by atoms with Crippen LogP contribution < -0.4 is 5.73 Å². The molecule has 1 atom stereocenters. The highest BCUT2D eigenvalue weighted by atomic mass is 16.6. The Morgan fingerprint density at radius 3 is 1.85 bits per heavy atom. The predicted molar refractivity (Wildman–Crippen MR) is 64.1 cm³/mol. The number of carboxylic acids is 2. The number of nitrogens with two attached hydrogens (primary N) is 1. The zero-order chi connectivity index (χ0) is 15.3. The van der Waals surface area contributed by atoms with Crippen molar-refractivity contribution in [2.45, 2.75) is 12.5 Å². The summed E-state index contributed by atoms with van der Waals surface area (Å²) in [6, 6.07) is 5.24. The second-order valence-electron chi connectivity index (χ2n) is 3.77. The van der Waals surface area contributed by atoms with Crippen LogP contribution in [-0.4, -0.2) is 40.1 Å². The lowest BCUT2D eigenvalue weighted by atomic mass is 10.1. The molecule has 8 nitrogen and oxygen atoms in total. The summed E-state index contributed by atoms with van der Waals surface area (Å²) in [5.41, 5.74) is 5.55. The molecule has 1 aliphatic heterocycles. The number of esters is 2. The third-order valence-electron chi connectivity index (χ3n) is 2.26. The van der Waals surface area contributed by atoms with Gasteiger partial charge in [-0.05, 0) is 12.1 Å². The molecule has 0 fully saturated rings. The molecule has 0 bridgehead atoms. The van der Waals surface area contributed by atoms with Crippen molar-refractivity contribution in [2.24, 2.45) is 5.73 Å². The van der Waals surface area contributed by atoms with Gasteiger partial charge in [-0.1, -0.05) is 12.1 Å². The summed E-state index contributed by atoms with van der Waals surface area (Å²) in [4.78, 5) is 41.3. The van der Waals surface area contributed by atoms with Crippen LogP contribution in [0, 0.1) is 0 Å². The Morgan fingerprint density at radius 1 is 1.10 bits per heavy atom. The number of hydrogen-bond acceptors (Lipinski definition) is 6. The van der Waals surface area contributed by atoms with E-state index in [0.717, 1.165) is 0 Å². The average molecular weight is 281 g/mol. The van der Waals surface area contributed by atoms with Gasteiger partial charge in [0.05, 0.1) is 17.5 Å². The zero-order valence-corrected chi connectivity index (χ0v) is 10.1. The third kappa shape index (κ3) is 3.89. The number of rotatable bonds is 3. The highest BCUT2D eigenvalue weighted by molar-refractivity contribution is 6.14. The number of aliphatic carboxylic acids is 2. The lowest BCUT2D eigenvalue weighted by Crippen LogP contribution is -2.32. The Balaban J connectivity index is 0.000000206. The summed E-state index contributed by atoms with van der Waals surface area (Å²) in [5, 5.41) is 16.0. The van der Waals surface area contributed by atoms with Gasteiger partial charge < -0.3 is 20.7 Å². The normalized spacial score (nSPS) is 13.7. The topological polar surface area (TPSA) is 144 Å². The van der Waals surface area contributed by atoms with E-state index >= 15 is 0 Å². The second-order valence-corrected chi connectivity index (χ2v) is 3.77. The highest BCUT2D eigenvalue weighted by Gasteiger charge is 2.28. The molecule has 1 aromatic rings. The van der Waals surface area contributed by atoms with Crippen LogP contribution in [0.4, 0.5) is 0 Å². The van der Waals surface area contributed by atoms with Gasteiger partial charge in [-0.15, -0.1) is 0 Å². The van der Waals surface area contributed by atoms with Crippen LogP contribution in [0.15, 0.2) is 24.3 Å². The van der Waals surface area contributed by atoms with Crippen molar-refractivity contribution in [2.75, 3.05) is 0 Å². The summed E-state index contributed by atoms with van der Waals surface area (Å²) in [5.74, 6) is -3.60. The van der Waals surface area contributed by atoms with Crippen molar-refractivity contribution in [3.8, 4) is 0 Å². The van der Waals surface area contributed by atoms with E-state index in [0.29, 0.717) is 11.1 Å². The van der Waals surface area contributed by atoms with Crippen LogP contribution >= 0.6 is 0 Å². The van der Waals surface area contributed by atoms with Gasteiger partial charge in [-0.3, -0.25) is 9.59 Å². The molecule has 20 heavy (non-hydrogen) atoms. The number of carbonyl (C=O) groups excluding carboxylic acids is 2. The maximum Gasteiger partial charge on any atom is 0.346 e. The van der Waals surface area contributed by atoms with Crippen LogP contribution in [0.25, 0.3) is 0 Å². The molecule has 0 saturated heterocycles. The van der Waals surface area contributed by atoms with Crippen LogP contribution in [0.3, 0.4) is 0 Å². The van der Waals surface area contributed by atoms with Crippen molar-refractivity contribution in [3.05, 3.63) is 35.4 Å². The molecule has 1 aromatic carbocycles. The number of ether oxygens (including phenoxy) is 1. The Bertz CT molecular complexity index is 534. The summed E-state index contributed by atoms with van der Waals surface area (Å²) >= 11 is 0. The molecule has 1 heterocycles. The van der Waals surface area contributed by atoms with Gasteiger partial charge in [-0.25, -0.2) is 9.59 Å². The monoisotopic (exact) mass is 281 g/mol. The van der Waals surface area contributed by atoms with Crippen LogP contribution in [0.1, 0.15) is 27.1 Å². The molecule has 0 saturated carbocycles. The molecule has 4 N–H and O–H groups in total. The number of benzene rings is 1. The molecule has 0 amide bonds. The van der Waals surface area contributed by atoms with Crippen LogP contribution in [-0.2, 0) is 14.3 Å². The largest absolute Gasteiger partial charge is 0.481 e. The van der Waals surface area contributed by atoms with Crippen LogP contribution in [0.2, 0.25) is 0 Å². The molecule has 8 heteroatoms. The highest BCUT2D eigenvalue weighted by Crippen LogP contribution is 2.18. The fraction of sp³-hybridized carbons (Fsp3) is 0.167. The third-order valence-corrected chi connectivity index (χ3v) is 2.26. The van der Waals surface area contributed by atoms with Crippen molar-refractivity contribution in [3.63, 3.8) is 0 Å². The maximum absolute atomic E-state index is 10.8. The number of hydrogen-bond donors (Lipinski definition) is 3. The van der Waals surface area contributed by atoms with Crippen molar-refractivity contribution in [1.29, 1.82) is 0 Å². The first-order valence-electron chi connectivity index (χ1n) is 5.38. The summed E-state index contributed by atoms with van der Waals surface area (Å²) < 4.78 is 4.35. The molecule has 1 aliphatic rings. The fourth-order valence-electron chi connectivity index (χ4n) is 1.31. The van der Waals surface area contributed by atoms with E-state index in [-0.39, 0.29) is 0 Å². The van der Waals surface area contributed by atoms with Gasteiger partial charge in [0.1, 0.15) is 6.04 Å². The smallest absolute Gasteiger partial charge is 0.346 e. The van der Waals surface area contributed by atoms with E-state index in [1.54, 1.807) is 24.3 Å². The number of carboxylic acid groups (broad SMARTS) is 2. The van der Waals surface area contributed by atoms with Crippen molar-refractivity contribution in [1.82, 2.24) is 0 Å². The first kappa shape index (κ1) is 15.3. The van der Waals surface area contributed by atoms with Gasteiger partial charge >= 0.3 is 23.9 Å². The number of cyclic esters (lactones) is 2. The second kappa shape index (κ2) is 6.43. The van der Waals surface area contributed by atoms with Gasteiger partial charge in [0.2, 0.25) is 0 Å². The van der Waals surface area contributed by atoms with Crippen LogP contribution in [0.5, 0.6) is 0 Å². The SMILES string of the molecule is N[C@@H](CC(=O)O)C(=O)O.O=C1OC(=O)c2ccccc21. The average Bonchev–Trinajstić information content (AvgIpc) is 2.66. The first-order chi connectivity index (χ1) is 9.32. The van der Waals surface area contributed by atoms with Crippen molar-refractivity contribution >= 4 is 23.9 Å². The molecular weight excluding hydrogens is 270 g/mol. The quantitative estimate of drug-likeness (QED) is 0.513. The van der Waals surface area contributed by atoms with E-state index in [4.69, 9.17) is 15.9 Å². The molecule has 0 unspecified atom stereocenters. The Labute approximate surface area is 112 Å². The standard InChI is InChI=1S/C8H4O3.C4H7NO4/c9-7-5-3-1-2-4-6(5)8(10)11-7;5-2(4(8)9)1-3(6)7/h1-4H;2H,1,5H2,(H,6,7)(H,8,9)/t;2-/m.0/s1. The Morgan fingerprint density at radius 2 is 1.55 bits per heavy atom. The molecule has 2 rings (SSSR count). The molecule has 0 aliphatic carbocycles. The predicted octanol–water partition coefficient (Wildman–Crippen LogP) is -0.130. The van der Waals surface area contributed by atoms with Gasteiger partial charge in [0, 0.05) is 0 Å². The summed E-state index contributed by atoms with van der Waals surface area (Å²) in [6.45, 7) is 0. The van der Waals surface area contributed by atoms with Crippen molar-refractivity contribution < 1.29 is 34.1 Å². The minimum atomic E-state index is -1.29. The first-order valence-corrected chi connectivity index (χ1v) is 5.38. The molecule has 106 valence electrons. The van der Waals surface area contributed by atoms with E-state index in [9.17, 15) is 19.2 Å². The number of fused-ring (bicyclic) bond motifs is 1. The molecular formula is C12H11NO7. The minimum absolute atomic E-state index is 0.359. The minimum Gasteiger partial charge on any atom is -0.481 e.